The number of ether oxygens (including phenoxy) is 2. The summed E-state index contributed by atoms with van der Waals surface area (Å²) in [5.74, 6) is -0.598. The van der Waals surface area contributed by atoms with E-state index < -0.39 is 23.4 Å². The highest BCUT2D eigenvalue weighted by Crippen LogP contribution is 2.62. The average Bonchev–Trinajstić information content (AvgIpc) is 3.46. The molecule has 4 aromatic carbocycles. The second-order valence-corrected chi connectivity index (χ2v) is 11.1. The summed E-state index contributed by atoms with van der Waals surface area (Å²) in [6.07, 6.45) is 3.90. The lowest BCUT2D eigenvalue weighted by Gasteiger charge is -2.37. The molecule has 1 aliphatic carbocycles. The van der Waals surface area contributed by atoms with Crippen LogP contribution in [0.25, 0.3) is 6.08 Å². The molecule has 0 aromatic heterocycles. The maximum atomic E-state index is 14.8. The van der Waals surface area contributed by atoms with Gasteiger partial charge in [0.05, 0.1) is 20.3 Å². The maximum Gasteiger partial charge on any atom is 0.185 e. The number of Topliss-reactive ketones (excluding diaryl/α,β-unsaturated/α-hetero) is 3. The molecule has 3 atom stereocenters. The third kappa shape index (κ3) is 3.41. The van der Waals surface area contributed by atoms with E-state index in [2.05, 4.69) is 0 Å². The van der Waals surface area contributed by atoms with Crippen LogP contribution in [0.1, 0.15) is 53.7 Å². The Hall–Kier alpha value is -4.97. The summed E-state index contributed by atoms with van der Waals surface area (Å²) >= 11 is 0. The van der Waals surface area contributed by atoms with Crippen molar-refractivity contribution in [1.29, 1.82) is 0 Å². The van der Waals surface area contributed by atoms with Crippen molar-refractivity contribution in [3.63, 3.8) is 0 Å². The zero-order valence-corrected chi connectivity index (χ0v) is 23.5. The number of nitrogens with zero attached hydrogens (tertiary/aromatic N) is 1. The van der Waals surface area contributed by atoms with Crippen LogP contribution in [0.3, 0.4) is 0 Å². The van der Waals surface area contributed by atoms with Crippen molar-refractivity contribution in [2.45, 2.75) is 24.9 Å². The first-order valence-corrected chi connectivity index (χ1v) is 14.0. The molecule has 0 N–H and O–H groups in total. The number of aryl methyl sites for hydroxylation is 1. The Bertz CT molecular complexity index is 1770. The number of ketones is 3. The highest BCUT2D eigenvalue weighted by atomic mass is 16.5. The fraction of sp³-hybridized carbons (Fsp3) is 0.194. The Morgan fingerprint density at radius 3 is 2.17 bits per heavy atom. The van der Waals surface area contributed by atoms with Crippen molar-refractivity contribution in [3.05, 3.63) is 130 Å². The minimum atomic E-state index is -1.61. The molecule has 1 fully saturated rings. The second-order valence-electron chi connectivity index (χ2n) is 11.1. The van der Waals surface area contributed by atoms with Gasteiger partial charge in [-0.15, -0.1) is 0 Å². The fourth-order valence-corrected chi connectivity index (χ4v) is 7.27. The van der Waals surface area contributed by atoms with E-state index in [1.807, 2.05) is 60.4 Å². The number of hydrogen-bond donors (Lipinski definition) is 0. The Kier molecular flexibility index (Phi) is 5.91. The molecule has 0 saturated carbocycles. The summed E-state index contributed by atoms with van der Waals surface area (Å²) in [6.45, 7) is 2.00. The molecule has 2 aliphatic heterocycles. The topological polar surface area (TPSA) is 72.9 Å². The van der Waals surface area contributed by atoms with E-state index in [0.29, 0.717) is 33.8 Å². The molecule has 0 bridgehead atoms. The number of anilines is 1. The van der Waals surface area contributed by atoms with E-state index in [0.717, 1.165) is 16.8 Å². The SMILES string of the molecule is COc1ccc(OC)c([C@@H]2[C@@H](C(=O)c3ccccc3)N3c4cc(C)ccc4C=C[C@@H]3C23C(=O)c2ccccc2C3=O)c1. The van der Waals surface area contributed by atoms with E-state index in [9.17, 15) is 14.4 Å². The van der Waals surface area contributed by atoms with Crippen LogP contribution in [-0.4, -0.2) is 43.7 Å². The van der Waals surface area contributed by atoms with Gasteiger partial charge in [0.15, 0.2) is 17.3 Å². The predicted molar refractivity (Wildman–Crippen MR) is 161 cm³/mol. The first-order chi connectivity index (χ1) is 20.4. The van der Waals surface area contributed by atoms with Crippen molar-refractivity contribution in [3.8, 4) is 11.5 Å². The van der Waals surface area contributed by atoms with Gasteiger partial charge in [0.2, 0.25) is 0 Å². The number of benzene rings is 4. The summed E-state index contributed by atoms with van der Waals surface area (Å²) < 4.78 is 11.5. The highest BCUT2D eigenvalue weighted by molar-refractivity contribution is 6.32. The molecule has 208 valence electrons. The monoisotopic (exact) mass is 555 g/mol. The van der Waals surface area contributed by atoms with Gasteiger partial charge in [0, 0.05) is 33.9 Å². The lowest BCUT2D eigenvalue weighted by molar-refractivity contribution is 0.0664. The van der Waals surface area contributed by atoms with Crippen molar-refractivity contribution in [1.82, 2.24) is 0 Å². The van der Waals surface area contributed by atoms with Crippen molar-refractivity contribution in [2.75, 3.05) is 19.1 Å². The Morgan fingerprint density at radius 1 is 0.810 bits per heavy atom. The second kappa shape index (κ2) is 9.55. The highest BCUT2D eigenvalue weighted by Gasteiger charge is 2.72. The zero-order valence-electron chi connectivity index (χ0n) is 23.5. The summed E-state index contributed by atoms with van der Waals surface area (Å²) in [4.78, 5) is 46.5. The lowest BCUT2D eigenvalue weighted by atomic mass is 9.64. The molecule has 6 nitrogen and oxygen atoms in total. The molecule has 42 heavy (non-hydrogen) atoms. The summed E-state index contributed by atoms with van der Waals surface area (Å²) in [6, 6.07) is 25.9. The number of methoxy groups -OCH3 is 2. The van der Waals surface area contributed by atoms with Crippen LogP contribution >= 0.6 is 0 Å². The molecule has 0 radical (unpaired) electrons. The number of carbonyl (C=O) groups excluding carboxylic acids is 3. The molecule has 6 heteroatoms. The normalized spacial score (nSPS) is 21.2. The molecule has 0 amide bonds. The van der Waals surface area contributed by atoms with Crippen LogP contribution in [0.5, 0.6) is 11.5 Å². The Morgan fingerprint density at radius 2 is 1.50 bits per heavy atom. The maximum absolute atomic E-state index is 14.8. The van der Waals surface area contributed by atoms with Gasteiger partial charge < -0.3 is 14.4 Å². The Balaban J connectivity index is 1.59. The quantitative estimate of drug-likeness (QED) is 0.212. The van der Waals surface area contributed by atoms with E-state index >= 15 is 0 Å². The third-order valence-electron chi connectivity index (χ3n) is 9.06. The van der Waals surface area contributed by atoms with Crippen LogP contribution in [0.2, 0.25) is 0 Å². The number of carbonyl (C=O) groups is 3. The van der Waals surface area contributed by atoms with Crippen molar-refractivity contribution < 1.29 is 23.9 Å². The molecule has 1 spiro atoms. The van der Waals surface area contributed by atoms with E-state index in [4.69, 9.17) is 9.47 Å². The van der Waals surface area contributed by atoms with E-state index in [-0.39, 0.29) is 17.3 Å². The number of fused-ring (bicyclic) bond motifs is 5. The smallest absolute Gasteiger partial charge is 0.185 e. The van der Waals surface area contributed by atoms with Crippen LogP contribution in [-0.2, 0) is 0 Å². The van der Waals surface area contributed by atoms with E-state index in [1.165, 1.54) is 0 Å². The summed E-state index contributed by atoms with van der Waals surface area (Å²) in [5.41, 5.74) is 2.98. The van der Waals surface area contributed by atoms with Crippen LogP contribution in [0.4, 0.5) is 5.69 Å². The van der Waals surface area contributed by atoms with Gasteiger partial charge in [0.25, 0.3) is 0 Å². The Labute approximate surface area is 244 Å². The zero-order chi connectivity index (χ0) is 29.2. The molecular weight excluding hydrogens is 526 g/mol. The molecule has 3 aliphatic rings. The van der Waals surface area contributed by atoms with Gasteiger partial charge in [-0.05, 0) is 42.3 Å². The third-order valence-corrected chi connectivity index (χ3v) is 9.06. The molecular formula is C36H29NO5. The molecule has 0 unspecified atom stereocenters. The van der Waals surface area contributed by atoms with Crippen LogP contribution in [0, 0.1) is 12.3 Å². The summed E-state index contributed by atoms with van der Waals surface area (Å²) in [5, 5.41) is 0. The summed E-state index contributed by atoms with van der Waals surface area (Å²) in [7, 11) is 3.12. The standard InChI is InChI=1S/C36H29NO5/c1-21-13-14-22-15-18-30-36(34(39)25-11-7-8-12-26(25)35(36)40)31(27-20-24(41-2)16-17-29(27)42-3)32(37(30)28(22)19-21)33(38)23-9-5-4-6-10-23/h4-20,30-32H,1-3H3/t30-,31-,32+/m1/s1. The van der Waals surface area contributed by atoms with Gasteiger partial charge in [0.1, 0.15) is 23.0 Å². The molecule has 7 rings (SSSR count). The minimum Gasteiger partial charge on any atom is -0.497 e. The van der Waals surface area contributed by atoms with E-state index in [1.54, 1.807) is 68.8 Å². The lowest BCUT2D eigenvalue weighted by Crippen LogP contribution is -2.48. The number of hydrogen-bond acceptors (Lipinski definition) is 6. The van der Waals surface area contributed by atoms with Gasteiger partial charge >= 0.3 is 0 Å². The minimum absolute atomic E-state index is 0.174. The van der Waals surface area contributed by atoms with Gasteiger partial charge in [-0.25, -0.2) is 0 Å². The average molecular weight is 556 g/mol. The van der Waals surface area contributed by atoms with Gasteiger partial charge in [-0.1, -0.05) is 78.9 Å². The largest absolute Gasteiger partial charge is 0.497 e. The van der Waals surface area contributed by atoms with Crippen LogP contribution in [0.15, 0.2) is 97.1 Å². The van der Waals surface area contributed by atoms with Gasteiger partial charge in [-0.3, -0.25) is 14.4 Å². The first kappa shape index (κ1) is 26.0. The van der Waals surface area contributed by atoms with Crippen molar-refractivity contribution in [2.24, 2.45) is 5.41 Å². The number of rotatable bonds is 5. The fourth-order valence-electron chi connectivity index (χ4n) is 7.27. The molecule has 4 aromatic rings. The molecule has 1 saturated heterocycles. The predicted octanol–water partition coefficient (Wildman–Crippen LogP) is 6.33. The van der Waals surface area contributed by atoms with Crippen molar-refractivity contribution >= 4 is 29.1 Å². The molecule has 2 heterocycles. The van der Waals surface area contributed by atoms with Crippen LogP contribution < -0.4 is 14.4 Å². The van der Waals surface area contributed by atoms with Gasteiger partial charge in [-0.2, -0.15) is 0 Å². The first-order valence-electron chi connectivity index (χ1n) is 14.0.